The van der Waals surface area contributed by atoms with Crippen molar-refractivity contribution in [2.45, 2.75) is 51.6 Å². The second-order valence-corrected chi connectivity index (χ2v) is 12.2. The molecule has 39 heavy (non-hydrogen) atoms. The van der Waals surface area contributed by atoms with E-state index in [0.717, 1.165) is 15.4 Å². The molecule has 0 bridgehead atoms. The number of sulfonamides is 1. The van der Waals surface area contributed by atoms with E-state index in [0.29, 0.717) is 23.7 Å². The smallest absolute Gasteiger partial charge is 0.264 e. The molecule has 1 N–H and O–H groups in total. The number of hydrogen-bond donors (Lipinski definition) is 1. The SMILES string of the molecule is CC[C@H](C(=O)NCC(C)C)N(Cc1cccc(C)c1)C(=O)CN(c1ccccc1)S(=O)(=O)c1ccc(Cl)cc1. The molecule has 0 saturated carbocycles. The summed E-state index contributed by atoms with van der Waals surface area (Å²) in [5.41, 5.74) is 2.22. The van der Waals surface area contributed by atoms with Crippen molar-refractivity contribution in [2.75, 3.05) is 17.4 Å². The minimum Gasteiger partial charge on any atom is -0.354 e. The lowest BCUT2D eigenvalue weighted by molar-refractivity contribution is -0.140. The Kier molecular flexibility index (Phi) is 10.5. The van der Waals surface area contributed by atoms with Gasteiger partial charge in [0.25, 0.3) is 10.0 Å². The molecule has 1 atom stereocenters. The number of hydrogen-bond acceptors (Lipinski definition) is 4. The lowest BCUT2D eigenvalue weighted by Gasteiger charge is -2.33. The lowest BCUT2D eigenvalue weighted by atomic mass is 10.1. The molecule has 0 aliphatic heterocycles. The van der Waals surface area contributed by atoms with Crippen molar-refractivity contribution < 1.29 is 18.0 Å². The van der Waals surface area contributed by atoms with Crippen LogP contribution in [-0.4, -0.2) is 44.3 Å². The summed E-state index contributed by atoms with van der Waals surface area (Å²) in [6.45, 7) is 7.95. The lowest BCUT2D eigenvalue weighted by Crippen LogP contribution is -2.52. The van der Waals surface area contributed by atoms with Crippen LogP contribution in [0.5, 0.6) is 0 Å². The Hall–Kier alpha value is -3.36. The summed E-state index contributed by atoms with van der Waals surface area (Å²) < 4.78 is 28.7. The maximum atomic E-state index is 14.0. The fraction of sp³-hybridized carbons (Fsp3) is 0.333. The van der Waals surface area contributed by atoms with Crippen LogP contribution >= 0.6 is 11.6 Å². The number of para-hydroxylation sites is 1. The molecule has 0 aliphatic rings. The highest BCUT2D eigenvalue weighted by molar-refractivity contribution is 7.92. The minimum absolute atomic E-state index is 0.00973. The molecule has 208 valence electrons. The quantitative estimate of drug-likeness (QED) is 0.315. The first-order valence-electron chi connectivity index (χ1n) is 13.0. The molecule has 3 aromatic rings. The van der Waals surface area contributed by atoms with Gasteiger partial charge in [0.15, 0.2) is 0 Å². The molecule has 0 fully saturated rings. The molecule has 0 saturated heterocycles. The first-order valence-corrected chi connectivity index (χ1v) is 14.8. The van der Waals surface area contributed by atoms with E-state index in [4.69, 9.17) is 11.6 Å². The van der Waals surface area contributed by atoms with E-state index in [1.54, 1.807) is 30.3 Å². The number of benzene rings is 3. The summed E-state index contributed by atoms with van der Waals surface area (Å²) in [7, 11) is -4.13. The van der Waals surface area contributed by atoms with Gasteiger partial charge >= 0.3 is 0 Å². The molecule has 3 aromatic carbocycles. The van der Waals surface area contributed by atoms with Gasteiger partial charge in [0, 0.05) is 18.1 Å². The highest BCUT2D eigenvalue weighted by Crippen LogP contribution is 2.25. The molecule has 0 radical (unpaired) electrons. The molecule has 0 aliphatic carbocycles. The van der Waals surface area contributed by atoms with E-state index < -0.39 is 28.5 Å². The Balaban J connectivity index is 2.02. The van der Waals surface area contributed by atoms with Gasteiger partial charge in [0.2, 0.25) is 11.8 Å². The second kappa shape index (κ2) is 13.6. The molecule has 0 unspecified atom stereocenters. The maximum absolute atomic E-state index is 14.0. The van der Waals surface area contributed by atoms with Crippen LogP contribution in [0.15, 0.2) is 83.8 Å². The Morgan fingerprint density at radius 3 is 2.21 bits per heavy atom. The van der Waals surface area contributed by atoms with E-state index in [9.17, 15) is 18.0 Å². The van der Waals surface area contributed by atoms with Gasteiger partial charge in [0.1, 0.15) is 12.6 Å². The summed E-state index contributed by atoms with van der Waals surface area (Å²) in [5, 5.41) is 3.34. The summed E-state index contributed by atoms with van der Waals surface area (Å²) in [5.74, 6) is -0.506. The number of halogens is 1. The van der Waals surface area contributed by atoms with Gasteiger partial charge in [-0.15, -0.1) is 0 Å². The van der Waals surface area contributed by atoms with Crippen LogP contribution in [0.1, 0.15) is 38.3 Å². The molecule has 9 heteroatoms. The average Bonchev–Trinajstić information content (AvgIpc) is 2.91. The number of carbonyl (C=O) groups excluding carboxylic acids is 2. The van der Waals surface area contributed by atoms with Crippen LogP contribution in [-0.2, 0) is 26.2 Å². The average molecular weight is 570 g/mol. The van der Waals surface area contributed by atoms with Gasteiger partial charge < -0.3 is 10.2 Å². The summed E-state index contributed by atoms with van der Waals surface area (Å²) in [4.78, 5) is 28.7. The number of rotatable bonds is 12. The first kappa shape index (κ1) is 30.2. The number of anilines is 1. The van der Waals surface area contributed by atoms with Crippen LogP contribution in [0.2, 0.25) is 5.02 Å². The molecular weight excluding hydrogens is 534 g/mol. The van der Waals surface area contributed by atoms with Crippen molar-refractivity contribution in [3.05, 3.63) is 95.0 Å². The zero-order valence-electron chi connectivity index (χ0n) is 22.8. The monoisotopic (exact) mass is 569 g/mol. The number of carbonyl (C=O) groups is 2. The molecule has 7 nitrogen and oxygen atoms in total. The van der Waals surface area contributed by atoms with E-state index in [1.165, 1.54) is 29.2 Å². The van der Waals surface area contributed by atoms with Crippen molar-refractivity contribution in [3.63, 3.8) is 0 Å². The van der Waals surface area contributed by atoms with Crippen LogP contribution in [0.3, 0.4) is 0 Å². The summed E-state index contributed by atoms with van der Waals surface area (Å²) >= 11 is 5.99. The Morgan fingerprint density at radius 2 is 1.62 bits per heavy atom. The highest BCUT2D eigenvalue weighted by Gasteiger charge is 2.33. The zero-order chi connectivity index (χ0) is 28.6. The maximum Gasteiger partial charge on any atom is 0.264 e. The van der Waals surface area contributed by atoms with E-state index in [2.05, 4.69) is 5.32 Å². The standard InChI is InChI=1S/C30H36ClN3O4S/c1-5-28(30(36)32-19-22(2)3)33(20-24-11-9-10-23(4)18-24)29(35)21-34(26-12-7-6-8-13-26)39(37,38)27-16-14-25(31)15-17-27/h6-18,22,28H,5,19-21H2,1-4H3,(H,32,36)/t28-/m1/s1. The third-order valence-electron chi connectivity index (χ3n) is 6.23. The molecule has 0 aromatic heterocycles. The van der Waals surface area contributed by atoms with E-state index in [1.807, 2.05) is 52.0 Å². The van der Waals surface area contributed by atoms with Crippen LogP contribution < -0.4 is 9.62 Å². The molecule has 0 spiro atoms. The van der Waals surface area contributed by atoms with Crippen molar-refractivity contribution in [1.29, 1.82) is 0 Å². The Bertz CT molecular complexity index is 1360. The van der Waals surface area contributed by atoms with Gasteiger partial charge in [-0.25, -0.2) is 8.42 Å². The predicted octanol–water partition coefficient (Wildman–Crippen LogP) is 5.42. The van der Waals surface area contributed by atoms with Gasteiger partial charge in [-0.1, -0.05) is 80.4 Å². The third-order valence-corrected chi connectivity index (χ3v) is 8.27. The molecule has 3 rings (SSSR count). The predicted molar refractivity (Wildman–Crippen MR) is 156 cm³/mol. The van der Waals surface area contributed by atoms with Crippen molar-refractivity contribution in [1.82, 2.24) is 10.2 Å². The van der Waals surface area contributed by atoms with Crippen molar-refractivity contribution >= 4 is 39.1 Å². The minimum atomic E-state index is -4.13. The first-order chi connectivity index (χ1) is 18.5. The molecule has 2 amide bonds. The summed E-state index contributed by atoms with van der Waals surface area (Å²) in [6.07, 6.45) is 0.372. The Morgan fingerprint density at radius 1 is 0.949 bits per heavy atom. The number of amides is 2. The topological polar surface area (TPSA) is 86.8 Å². The molecular formula is C30H36ClN3O4S. The molecule has 0 heterocycles. The van der Waals surface area contributed by atoms with Crippen molar-refractivity contribution in [2.24, 2.45) is 5.92 Å². The number of nitrogens with zero attached hydrogens (tertiary/aromatic N) is 2. The number of aryl methyl sites for hydroxylation is 1. The summed E-state index contributed by atoms with van der Waals surface area (Å²) in [6, 6.07) is 21.2. The second-order valence-electron chi connectivity index (χ2n) is 9.87. The normalized spacial score (nSPS) is 12.2. The van der Waals surface area contributed by atoms with E-state index in [-0.39, 0.29) is 23.3 Å². The van der Waals surface area contributed by atoms with Crippen LogP contribution in [0.4, 0.5) is 5.69 Å². The fourth-order valence-corrected chi connectivity index (χ4v) is 5.75. The largest absolute Gasteiger partial charge is 0.354 e. The van der Waals surface area contributed by atoms with Crippen LogP contribution in [0, 0.1) is 12.8 Å². The van der Waals surface area contributed by atoms with Crippen molar-refractivity contribution in [3.8, 4) is 0 Å². The fourth-order valence-electron chi connectivity index (χ4n) is 4.21. The Labute approximate surface area is 236 Å². The van der Waals surface area contributed by atoms with Gasteiger partial charge in [-0.2, -0.15) is 0 Å². The number of nitrogens with one attached hydrogen (secondary N) is 1. The van der Waals surface area contributed by atoms with E-state index >= 15 is 0 Å². The third kappa shape index (κ3) is 8.07. The highest BCUT2D eigenvalue weighted by atomic mass is 35.5. The van der Waals surface area contributed by atoms with Gasteiger partial charge in [-0.3, -0.25) is 13.9 Å². The van der Waals surface area contributed by atoms with Gasteiger partial charge in [0.05, 0.1) is 10.6 Å². The van der Waals surface area contributed by atoms with Gasteiger partial charge in [-0.05, 0) is 61.2 Å². The van der Waals surface area contributed by atoms with Crippen LogP contribution in [0.25, 0.3) is 0 Å². The zero-order valence-corrected chi connectivity index (χ0v) is 24.4.